The Morgan fingerprint density at radius 2 is 1.50 bits per heavy atom. The second-order valence-electron chi connectivity index (χ2n) is 5.41. The Morgan fingerprint density at radius 1 is 1.00 bits per heavy atom. The van der Waals surface area contributed by atoms with E-state index in [0.717, 1.165) is 19.4 Å². The quantitative estimate of drug-likeness (QED) is 0.688. The lowest BCUT2D eigenvalue weighted by Crippen LogP contribution is -2.42. The van der Waals surface area contributed by atoms with Crippen LogP contribution in [-0.4, -0.2) is 35.2 Å². The molecule has 2 nitrogen and oxygen atoms in total. The number of hydrogen-bond donors (Lipinski definition) is 1. The third-order valence-corrected chi connectivity index (χ3v) is 3.71. The fourth-order valence-corrected chi connectivity index (χ4v) is 2.64. The summed E-state index contributed by atoms with van der Waals surface area (Å²) < 4.78 is 0. The molecule has 0 unspecified atom stereocenters. The Kier molecular flexibility index (Phi) is 6.37. The molecule has 1 N–H and O–H groups in total. The smallest absolute Gasteiger partial charge is 0.0774 e. The normalized spacial score (nSPS) is 19.5. The van der Waals surface area contributed by atoms with E-state index in [4.69, 9.17) is 0 Å². The average Bonchev–Trinajstić information content (AvgIpc) is 2.69. The van der Waals surface area contributed by atoms with Gasteiger partial charge in [0.1, 0.15) is 0 Å². The molecule has 0 aromatic carbocycles. The first-order chi connectivity index (χ1) is 7.70. The van der Waals surface area contributed by atoms with Crippen molar-refractivity contribution in [2.45, 2.75) is 70.8 Å². The molecule has 0 saturated heterocycles. The third-order valence-electron chi connectivity index (χ3n) is 3.71. The first kappa shape index (κ1) is 14.0. The summed E-state index contributed by atoms with van der Waals surface area (Å²) in [6.45, 7) is 7.72. The van der Waals surface area contributed by atoms with Crippen LogP contribution in [0.15, 0.2) is 0 Å². The summed E-state index contributed by atoms with van der Waals surface area (Å²) in [5.41, 5.74) is -0.360. The third kappa shape index (κ3) is 4.84. The molecule has 0 bridgehead atoms. The minimum atomic E-state index is -0.360. The number of nitrogens with zero attached hydrogens (tertiary/aromatic N) is 1. The van der Waals surface area contributed by atoms with Gasteiger partial charge < -0.3 is 10.0 Å². The standard InChI is InChI=1S/C14H29NO/c1-3-5-11-15(12-6-4-2)13-14(16)9-7-8-10-14/h16H,3-13H2,1-2H3. The Balaban J connectivity index is 2.34. The van der Waals surface area contributed by atoms with E-state index in [1.165, 1.54) is 51.6 Å². The van der Waals surface area contributed by atoms with Crippen LogP contribution in [0.3, 0.4) is 0 Å². The van der Waals surface area contributed by atoms with Crippen molar-refractivity contribution >= 4 is 0 Å². The number of hydrogen-bond acceptors (Lipinski definition) is 2. The molecule has 0 aromatic rings. The van der Waals surface area contributed by atoms with Crippen LogP contribution in [0.5, 0.6) is 0 Å². The van der Waals surface area contributed by atoms with Gasteiger partial charge in [0.05, 0.1) is 5.60 Å². The summed E-state index contributed by atoms with van der Waals surface area (Å²) in [6.07, 6.45) is 9.49. The molecule has 2 heteroatoms. The highest BCUT2D eigenvalue weighted by molar-refractivity contribution is 4.87. The van der Waals surface area contributed by atoms with Crippen LogP contribution in [0.2, 0.25) is 0 Å². The lowest BCUT2D eigenvalue weighted by atomic mass is 10.0. The molecule has 1 saturated carbocycles. The van der Waals surface area contributed by atoms with E-state index < -0.39 is 0 Å². The van der Waals surface area contributed by atoms with Crippen molar-refractivity contribution in [1.29, 1.82) is 0 Å². The molecule has 0 aromatic heterocycles. The Bertz CT molecular complexity index is 168. The molecule has 1 aliphatic carbocycles. The molecular formula is C14H29NO. The summed E-state index contributed by atoms with van der Waals surface area (Å²) in [4.78, 5) is 2.48. The van der Waals surface area contributed by atoms with Gasteiger partial charge in [-0.3, -0.25) is 0 Å². The SMILES string of the molecule is CCCCN(CCCC)CC1(O)CCCC1. The zero-order valence-electron chi connectivity index (χ0n) is 11.2. The van der Waals surface area contributed by atoms with Crippen LogP contribution in [0, 0.1) is 0 Å². The lowest BCUT2D eigenvalue weighted by Gasteiger charge is -2.31. The number of rotatable bonds is 8. The van der Waals surface area contributed by atoms with Crippen LogP contribution < -0.4 is 0 Å². The van der Waals surface area contributed by atoms with Crippen molar-refractivity contribution in [2.75, 3.05) is 19.6 Å². The maximum atomic E-state index is 10.4. The topological polar surface area (TPSA) is 23.5 Å². The molecule has 16 heavy (non-hydrogen) atoms. The number of unbranched alkanes of at least 4 members (excludes halogenated alkanes) is 2. The van der Waals surface area contributed by atoms with Crippen LogP contribution in [-0.2, 0) is 0 Å². The minimum Gasteiger partial charge on any atom is -0.389 e. The van der Waals surface area contributed by atoms with Crippen molar-refractivity contribution < 1.29 is 5.11 Å². The van der Waals surface area contributed by atoms with Gasteiger partial charge in [-0.05, 0) is 38.8 Å². The maximum absolute atomic E-state index is 10.4. The zero-order valence-corrected chi connectivity index (χ0v) is 11.2. The zero-order chi connectivity index (χ0) is 11.9. The maximum Gasteiger partial charge on any atom is 0.0774 e. The predicted octanol–water partition coefficient (Wildman–Crippen LogP) is 3.19. The summed E-state index contributed by atoms with van der Waals surface area (Å²) in [5, 5.41) is 10.4. The van der Waals surface area contributed by atoms with Crippen LogP contribution in [0.4, 0.5) is 0 Å². The number of aliphatic hydroxyl groups is 1. The molecule has 1 aliphatic rings. The van der Waals surface area contributed by atoms with Crippen LogP contribution in [0.1, 0.15) is 65.2 Å². The largest absolute Gasteiger partial charge is 0.389 e. The van der Waals surface area contributed by atoms with Crippen LogP contribution >= 0.6 is 0 Å². The summed E-state index contributed by atoms with van der Waals surface area (Å²) in [7, 11) is 0. The van der Waals surface area contributed by atoms with Gasteiger partial charge in [0.25, 0.3) is 0 Å². The van der Waals surface area contributed by atoms with Gasteiger partial charge >= 0.3 is 0 Å². The lowest BCUT2D eigenvalue weighted by molar-refractivity contribution is 0.00865. The van der Waals surface area contributed by atoms with Gasteiger partial charge in [-0.1, -0.05) is 39.5 Å². The van der Waals surface area contributed by atoms with Gasteiger partial charge in [-0.25, -0.2) is 0 Å². The first-order valence-corrected chi connectivity index (χ1v) is 7.15. The average molecular weight is 227 g/mol. The summed E-state index contributed by atoms with van der Waals surface area (Å²) in [5.74, 6) is 0. The van der Waals surface area contributed by atoms with Gasteiger partial charge in [0.15, 0.2) is 0 Å². The van der Waals surface area contributed by atoms with E-state index in [0.29, 0.717) is 0 Å². The van der Waals surface area contributed by atoms with Crippen molar-refractivity contribution in [2.24, 2.45) is 0 Å². The van der Waals surface area contributed by atoms with E-state index in [9.17, 15) is 5.11 Å². The molecular weight excluding hydrogens is 198 g/mol. The van der Waals surface area contributed by atoms with Crippen molar-refractivity contribution in [3.8, 4) is 0 Å². The Labute approximate surface area is 101 Å². The van der Waals surface area contributed by atoms with E-state index in [-0.39, 0.29) is 5.60 Å². The van der Waals surface area contributed by atoms with E-state index in [2.05, 4.69) is 18.7 Å². The molecule has 0 heterocycles. The molecule has 0 atom stereocenters. The molecule has 0 radical (unpaired) electrons. The second-order valence-corrected chi connectivity index (χ2v) is 5.41. The molecule has 0 amide bonds. The van der Waals surface area contributed by atoms with Gasteiger partial charge in [0, 0.05) is 6.54 Å². The molecule has 0 aliphatic heterocycles. The minimum absolute atomic E-state index is 0.360. The van der Waals surface area contributed by atoms with Gasteiger partial charge in [-0.2, -0.15) is 0 Å². The molecule has 0 spiro atoms. The Hall–Kier alpha value is -0.0800. The molecule has 1 fully saturated rings. The monoisotopic (exact) mass is 227 g/mol. The molecule has 96 valence electrons. The predicted molar refractivity (Wildman–Crippen MR) is 69.7 cm³/mol. The fourth-order valence-electron chi connectivity index (χ4n) is 2.64. The summed E-state index contributed by atoms with van der Waals surface area (Å²) >= 11 is 0. The van der Waals surface area contributed by atoms with Gasteiger partial charge in [-0.15, -0.1) is 0 Å². The van der Waals surface area contributed by atoms with Gasteiger partial charge in [0.2, 0.25) is 0 Å². The first-order valence-electron chi connectivity index (χ1n) is 7.15. The van der Waals surface area contributed by atoms with Crippen molar-refractivity contribution in [3.63, 3.8) is 0 Å². The highest BCUT2D eigenvalue weighted by atomic mass is 16.3. The fraction of sp³-hybridized carbons (Fsp3) is 1.00. The highest BCUT2D eigenvalue weighted by Crippen LogP contribution is 2.30. The highest BCUT2D eigenvalue weighted by Gasteiger charge is 2.32. The van der Waals surface area contributed by atoms with Crippen LogP contribution in [0.25, 0.3) is 0 Å². The van der Waals surface area contributed by atoms with Crippen molar-refractivity contribution in [1.82, 2.24) is 4.90 Å². The van der Waals surface area contributed by atoms with Crippen molar-refractivity contribution in [3.05, 3.63) is 0 Å². The Morgan fingerprint density at radius 3 is 1.94 bits per heavy atom. The summed E-state index contributed by atoms with van der Waals surface area (Å²) in [6, 6.07) is 0. The molecule has 1 rings (SSSR count). The van der Waals surface area contributed by atoms with E-state index in [1.54, 1.807) is 0 Å². The van der Waals surface area contributed by atoms with E-state index in [1.807, 2.05) is 0 Å². The second kappa shape index (κ2) is 7.29. The van der Waals surface area contributed by atoms with E-state index >= 15 is 0 Å².